The molecule has 1 heterocycles. The van der Waals surface area contributed by atoms with Crippen LogP contribution < -0.4 is 4.74 Å². The standard InChI is InChI=1S/C14H14Cl2N2O3/c1-8(2)18-7-17-5-10(18)6-21-13-11(14(19)20)3-9(15)4-12(13)16/h3-5,7-8H,6H2,1-2H3,(H,19,20). The average Bonchev–Trinajstić information content (AvgIpc) is 2.85. The van der Waals surface area contributed by atoms with Crippen LogP contribution >= 0.6 is 23.2 Å². The van der Waals surface area contributed by atoms with Crippen molar-refractivity contribution in [1.82, 2.24) is 9.55 Å². The van der Waals surface area contributed by atoms with Crippen LogP contribution in [0.5, 0.6) is 5.75 Å². The molecular formula is C14H14Cl2N2O3. The quantitative estimate of drug-likeness (QED) is 0.899. The van der Waals surface area contributed by atoms with Crippen molar-refractivity contribution in [2.45, 2.75) is 26.5 Å². The van der Waals surface area contributed by atoms with Gasteiger partial charge in [0.15, 0.2) is 5.75 Å². The summed E-state index contributed by atoms with van der Waals surface area (Å²) in [7, 11) is 0. The van der Waals surface area contributed by atoms with E-state index in [-0.39, 0.29) is 34.0 Å². The molecule has 2 aromatic rings. The smallest absolute Gasteiger partial charge is 0.339 e. The topological polar surface area (TPSA) is 64.4 Å². The maximum atomic E-state index is 11.2. The van der Waals surface area contributed by atoms with Crippen molar-refractivity contribution in [3.8, 4) is 5.75 Å². The number of benzene rings is 1. The number of carbonyl (C=O) groups is 1. The number of hydrogen-bond donors (Lipinski definition) is 1. The fourth-order valence-corrected chi connectivity index (χ4v) is 2.47. The molecule has 0 saturated carbocycles. The van der Waals surface area contributed by atoms with Gasteiger partial charge < -0.3 is 14.4 Å². The van der Waals surface area contributed by atoms with E-state index in [4.69, 9.17) is 27.9 Å². The lowest BCUT2D eigenvalue weighted by Gasteiger charge is -2.14. The second-order valence-corrected chi connectivity index (χ2v) is 5.59. The highest BCUT2D eigenvalue weighted by molar-refractivity contribution is 6.36. The van der Waals surface area contributed by atoms with Gasteiger partial charge in [0.25, 0.3) is 0 Å². The first-order chi connectivity index (χ1) is 9.90. The molecular weight excluding hydrogens is 315 g/mol. The third-order valence-electron chi connectivity index (χ3n) is 2.91. The summed E-state index contributed by atoms with van der Waals surface area (Å²) in [6.45, 7) is 4.20. The lowest BCUT2D eigenvalue weighted by Crippen LogP contribution is -2.09. The van der Waals surface area contributed by atoms with Gasteiger partial charge in [-0.05, 0) is 26.0 Å². The SMILES string of the molecule is CC(C)n1cncc1COc1c(Cl)cc(Cl)cc1C(=O)O. The normalized spacial score (nSPS) is 10.9. The Morgan fingerprint density at radius 3 is 2.76 bits per heavy atom. The second-order valence-electron chi connectivity index (χ2n) is 4.74. The number of carboxylic acids is 1. The Hall–Kier alpha value is -1.72. The van der Waals surface area contributed by atoms with Crippen molar-refractivity contribution in [2.75, 3.05) is 0 Å². The molecule has 5 nitrogen and oxygen atoms in total. The number of carboxylic acid groups (broad SMARTS) is 1. The zero-order valence-corrected chi connectivity index (χ0v) is 13.0. The maximum absolute atomic E-state index is 11.2. The second kappa shape index (κ2) is 6.37. The van der Waals surface area contributed by atoms with Crippen LogP contribution in [0.15, 0.2) is 24.7 Å². The van der Waals surface area contributed by atoms with Crippen LogP contribution in [0.3, 0.4) is 0 Å². The van der Waals surface area contributed by atoms with Crippen LogP contribution in [-0.2, 0) is 6.61 Å². The van der Waals surface area contributed by atoms with E-state index in [0.717, 1.165) is 5.69 Å². The van der Waals surface area contributed by atoms with Crippen LogP contribution in [0.25, 0.3) is 0 Å². The number of aromatic carboxylic acids is 1. The lowest BCUT2D eigenvalue weighted by atomic mass is 10.2. The minimum absolute atomic E-state index is 0.0666. The highest BCUT2D eigenvalue weighted by Gasteiger charge is 2.17. The number of halogens is 2. The Kier molecular flexibility index (Phi) is 4.75. The highest BCUT2D eigenvalue weighted by Crippen LogP contribution is 2.33. The molecule has 0 aliphatic carbocycles. The summed E-state index contributed by atoms with van der Waals surface area (Å²) in [5.41, 5.74) is 0.760. The zero-order chi connectivity index (χ0) is 15.6. The molecule has 0 unspecified atom stereocenters. The Labute approximate surface area is 132 Å². The van der Waals surface area contributed by atoms with Crippen molar-refractivity contribution in [1.29, 1.82) is 0 Å². The number of aromatic nitrogens is 2. The average molecular weight is 329 g/mol. The van der Waals surface area contributed by atoms with Crippen molar-refractivity contribution in [2.24, 2.45) is 0 Å². The van der Waals surface area contributed by atoms with Gasteiger partial charge >= 0.3 is 5.97 Å². The number of nitrogens with zero attached hydrogens (tertiary/aromatic N) is 2. The van der Waals surface area contributed by atoms with E-state index in [2.05, 4.69) is 4.98 Å². The highest BCUT2D eigenvalue weighted by atomic mass is 35.5. The number of rotatable bonds is 5. The number of ether oxygens (including phenoxy) is 1. The van der Waals surface area contributed by atoms with E-state index in [9.17, 15) is 9.90 Å². The molecule has 1 aromatic heterocycles. The molecule has 0 aliphatic heterocycles. The molecule has 0 bridgehead atoms. The van der Waals surface area contributed by atoms with Crippen molar-refractivity contribution in [3.05, 3.63) is 46.0 Å². The van der Waals surface area contributed by atoms with E-state index < -0.39 is 5.97 Å². The largest absolute Gasteiger partial charge is 0.485 e. The van der Waals surface area contributed by atoms with Gasteiger partial charge in [0.05, 0.1) is 23.2 Å². The molecule has 0 fully saturated rings. The zero-order valence-electron chi connectivity index (χ0n) is 11.5. The number of hydrogen-bond acceptors (Lipinski definition) is 3. The molecule has 0 aliphatic rings. The first kappa shape index (κ1) is 15.7. The summed E-state index contributed by atoms with van der Waals surface area (Å²) in [5, 5.41) is 9.61. The lowest BCUT2D eigenvalue weighted by molar-refractivity contribution is 0.0691. The Morgan fingerprint density at radius 1 is 1.43 bits per heavy atom. The molecule has 0 saturated heterocycles. The summed E-state index contributed by atoms with van der Waals surface area (Å²) in [4.78, 5) is 15.3. The molecule has 1 N–H and O–H groups in total. The van der Waals surface area contributed by atoms with Crippen molar-refractivity contribution in [3.63, 3.8) is 0 Å². The third-order valence-corrected chi connectivity index (χ3v) is 3.40. The molecule has 2 rings (SSSR count). The summed E-state index contributed by atoms with van der Waals surface area (Å²) >= 11 is 11.8. The van der Waals surface area contributed by atoms with Crippen LogP contribution in [0.4, 0.5) is 0 Å². The Balaban J connectivity index is 2.28. The van der Waals surface area contributed by atoms with Crippen LogP contribution in [0.1, 0.15) is 35.9 Å². The molecule has 0 amide bonds. The van der Waals surface area contributed by atoms with Gasteiger partial charge in [-0.1, -0.05) is 23.2 Å². The Bertz CT molecular complexity index is 668. The van der Waals surface area contributed by atoms with Gasteiger partial charge in [-0.3, -0.25) is 0 Å². The van der Waals surface area contributed by atoms with Crippen LogP contribution in [0, 0.1) is 0 Å². The van der Waals surface area contributed by atoms with Gasteiger partial charge in [-0.15, -0.1) is 0 Å². The predicted molar refractivity (Wildman–Crippen MR) is 80.4 cm³/mol. The summed E-state index contributed by atoms with van der Waals surface area (Å²) in [6, 6.07) is 2.99. The van der Waals surface area contributed by atoms with Gasteiger partial charge in [0.2, 0.25) is 0 Å². The molecule has 0 radical (unpaired) electrons. The van der Waals surface area contributed by atoms with Crippen molar-refractivity contribution >= 4 is 29.2 Å². The van der Waals surface area contributed by atoms with E-state index in [1.807, 2.05) is 18.4 Å². The van der Waals surface area contributed by atoms with E-state index in [1.54, 1.807) is 12.5 Å². The first-order valence-corrected chi connectivity index (χ1v) is 7.01. The van der Waals surface area contributed by atoms with Crippen molar-refractivity contribution < 1.29 is 14.6 Å². The first-order valence-electron chi connectivity index (χ1n) is 6.26. The monoisotopic (exact) mass is 328 g/mol. The van der Waals surface area contributed by atoms with E-state index in [0.29, 0.717) is 0 Å². The minimum Gasteiger partial charge on any atom is -0.485 e. The van der Waals surface area contributed by atoms with Gasteiger partial charge in [-0.2, -0.15) is 0 Å². The van der Waals surface area contributed by atoms with E-state index >= 15 is 0 Å². The summed E-state index contributed by atoms with van der Waals surface area (Å²) < 4.78 is 7.52. The van der Waals surface area contributed by atoms with Gasteiger partial charge in [0.1, 0.15) is 12.2 Å². The van der Waals surface area contributed by atoms with E-state index in [1.165, 1.54) is 12.1 Å². The molecule has 0 spiro atoms. The van der Waals surface area contributed by atoms with Gasteiger partial charge in [0, 0.05) is 11.1 Å². The molecule has 1 aromatic carbocycles. The molecule has 112 valence electrons. The minimum atomic E-state index is -1.15. The fraction of sp³-hybridized carbons (Fsp3) is 0.286. The van der Waals surface area contributed by atoms with Gasteiger partial charge in [-0.25, -0.2) is 9.78 Å². The predicted octanol–water partition coefficient (Wildman–Crippen LogP) is 4.05. The fourth-order valence-electron chi connectivity index (χ4n) is 1.92. The maximum Gasteiger partial charge on any atom is 0.339 e. The summed E-state index contributed by atoms with van der Waals surface area (Å²) in [6.07, 6.45) is 3.37. The molecule has 21 heavy (non-hydrogen) atoms. The van der Waals surface area contributed by atoms with Crippen LogP contribution in [0.2, 0.25) is 10.0 Å². The number of imidazole rings is 1. The van der Waals surface area contributed by atoms with Crippen LogP contribution in [-0.4, -0.2) is 20.6 Å². The Morgan fingerprint density at radius 2 is 2.14 bits per heavy atom. The molecule has 7 heteroatoms. The summed E-state index contributed by atoms with van der Waals surface area (Å²) in [5.74, 6) is -1.04. The molecule has 0 atom stereocenters. The third kappa shape index (κ3) is 3.49.